The fraction of sp³-hybridized carbons (Fsp3) is 0.261. The smallest absolute Gasteiger partial charge is 0.291 e. The van der Waals surface area contributed by atoms with Gasteiger partial charge < -0.3 is 9.73 Å². The molecule has 162 valence electrons. The van der Waals surface area contributed by atoms with Crippen molar-refractivity contribution in [1.29, 1.82) is 0 Å². The molecule has 0 spiro atoms. The van der Waals surface area contributed by atoms with Crippen LogP contribution in [0.15, 0.2) is 81.1 Å². The zero-order chi connectivity index (χ0) is 21.7. The zero-order valence-electron chi connectivity index (χ0n) is 17.0. The largest absolute Gasteiger partial charge is 0.459 e. The molecule has 0 aliphatic carbocycles. The van der Waals surface area contributed by atoms with Crippen LogP contribution in [0.1, 0.15) is 35.4 Å². The van der Waals surface area contributed by atoms with E-state index >= 15 is 0 Å². The minimum Gasteiger partial charge on any atom is -0.459 e. The van der Waals surface area contributed by atoms with Crippen LogP contribution in [0.4, 0.5) is 5.69 Å². The SMILES string of the molecule is O=C(Nc1cccc(S(=O)(=O)N2CCCCC2)c1)c1occc1CSc1ccccc1. The summed E-state index contributed by atoms with van der Waals surface area (Å²) >= 11 is 1.61. The first-order chi connectivity index (χ1) is 15.0. The minimum atomic E-state index is -3.57. The average Bonchev–Trinajstić information content (AvgIpc) is 3.28. The summed E-state index contributed by atoms with van der Waals surface area (Å²) in [5, 5.41) is 2.77. The van der Waals surface area contributed by atoms with Crippen molar-refractivity contribution in [3.05, 3.63) is 78.3 Å². The number of hydrogen-bond acceptors (Lipinski definition) is 5. The molecule has 1 aliphatic heterocycles. The highest BCUT2D eigenvalue weighted by atomic mass is 32.2. The number of anilines is 1. The number of thioether (sulfide) groups is 1. The molecule has 0 atom stereocenters. The fourth-order valence-corrected chi connectivity index (χ4v) is 5.97. The number of hydrogen-bond donors (Lipinski definition) is 1. The number of benzene rings is 2. The predicted octanol–water partition coefficient (Wildman–Crippen LogP) is 5.00. The van der Waals surface area contributed by atoms with Gasteiger partial charge in [0.2, 0.25) is 10.0 Å². The Kier molecular flexibility index (Phi) is 6.80. The van der Waals surface area contributed by atoms with Crippen LogP contribution in [0, 0.1) is 0 Å². The Bertz CT molecular complexity index is 1140. The van der Waals surface area contributed by atoms with Gasteiger partial charge in [-0.2, -0.15) is 4.31 Å². The van der Waals surface area contributed by atoms with E-state index in [4.69, 9.17) is 4.42 Å². The molecule has 0 unspecified atom stereocenters. The lowest BCUT2D eigenvalue weighted by molar-refractivity contribution is 0.0995. The third kappa shape index (κ3) is 5.20. The van der Waals surface area contributed by atoms with Gasteiger partial charge in [-0.25, -0.2) is 8.42 Å². The van der Waals surface area contributed by atoms with Crippen molar-refractivity contribution in [2.24, 2.45) is 0 Å². The zero-order valence-corrected chi connectivity index (χ0v) is 18.6. The quantitative estimate of drug-likeness (QED) is 0.506. The molecule has 1 saturated heterocycles. The number of carbonyl (C=O) groups is 1. The highest BCUT2D eigenvalue weighted by molar-refractivity contribution is 7.98. The van der Waals surface area contributed by atoms with Crippen LogP contribution in [0.3, 0.4) is 0 Å². The maximum absolute atomic E-state index is 12.9. The highest BCUT2D eigenvalue weighted by Gasteiger charge is 2.26. The summed E-state index contributed by atoms with van der Waals surface area (Å²) < 4.78 is 32.8. The van der Waals surface area contributed by atoms with E-state index in [-0.39, 0.29) is 10.7 Å². The normalized spacial score (nSPS) is 15.0. The molecule has 0 saturated carbocycles. The molecule has 0 bridgehead atoms. The third-order valence-electron chi connectivity index (χ3n) is 5.14. The van der Waals surface area contributed by atoms with Gasteiger partial charge in [-0.15, -0.1) is 11.8 Å². The average molecular weight is 457 g/mol. The van der Waals surface area contributed by atoms with E-state index in [1.807, 2.05) is 30.3 Å². The number of piperidine rings is 1. The molecule has 1 amide bonds. The van der Waals surface area contributed by atoms with Crippen LogP contribution in [-0.4, -0.2) is 31.7 Å². The maximum atomic E-state index is 12.9. The predicted molar refractivity (Wildman–Crippen MR) is 122 cm³/mol. The topological polar surface area (TPSA) is 79.6 Å². The Labute approximate surface area is 186 Å². The van der Waals surface area contributed by atoms with Gasteiger partial charge in [0, 0.05) is 35.0 Å². The van der Waals surface area contributed by atoms with E-state index in [0.717, 1.165) is 29.7 Å². The molecule has 3 aromatic rings. The van der Waals surface area contributed by atoms with Crippen LogP contribution in [-0.2, 0) is 15.8 Å². The minimum absolute atomic E-state index is 0.187. The lowest BCUT2D eigenvalue weighted by Crippen LogP contribution is -2.35. The van der Waals surface area contributed by atoms with E-state index in [2.05, 4.69) is 5.32 Å². The van der Waals surface area contributed by atoms with Gasteiger partial charge in [-0.05, 0) is 49.2 Å². The first-order valence-corrected chi connectivity index (χ1v) is 12.6. The molecule has 4 rings (SSSR count). The van der Waals surface area contributed by atoms with Crippen molar-refractivity contribution in [3.8, 4) is 0 Å². The molecule has 1 N–H and O–H groups in total. The molecular formula is C23H24N2O4S2. The Morgan fingerprint density at radius 3 is 2.55 bits per heavy atom. The van der Waals surface area contributed by atoms with Crippen molar-refractivity contribution in [2.45, 2.75) is 34.8 Å². The molecule has 1 fully saturated rings. The standard InChI is InChI=1S/C23H24N2O4S2/c26-23(22-18(12-15-29-22)17-30-20-9-3-1-4-10-20)24-19-8-7-11-21(16-19)31(27,28)25-13-5-2-6-14-25/h1,3-4,7-12,15-16H,2,5-6,13-14,17H2,(H,24,26). The van der Waals surface area contributed by atoms with Crippen LogP contribution in [0.25, 0.3) is 0 Å². The molecule has 6 nitrogen and oxygen atoms in total. The number of nitrogens with one attached hydrogen (secondary N) is 1. The van der Waals surface area contributed by atoms with Crippen LogP contribution in [0.2, 0.25) is 0 Å². The van der Waals surface area contributed by atoms with Gasteiger partial charge in [-0.1, -0.05) is 30.7 Å². The number of furan rings is 1. The van der Waals surface area contributed by atoms with Crippen molar-refractivity contribution in [2.75, 3.05) is 18.4 Å². The van der Waals surface area contributed by atoms with E-state index in [1.54, 1.807) is 36.0 Å². The Balaban J connectivity index is 1.46. The van der Waals surface area contributed by atoms with Gasteiger partial charge >= 0.3 is 0 Å². The Hall–Kier alpha value is -2.55. The second kappa shape index (κ2) is 9.72. The van der Waals surface area contributed by atoms with Gasteiger partial charge in [0.25, 0.3) is 5.91 Å². The molecule has 1 aliphatic rings. The van der Waals surface area contributed by atoms with E-state index < -0.39 is 15.9 Å². The summed E-state index contributed by atoms with van der Waals surface area (Å²) in [7, 11) is -3.57. The first kappa shape index (κ1) is 21.7. The second-order valence-electron chi connectivity index (χ2n) is 7.32. The highest BCUT2D eigenvalue weighted by Crippen LogP contribution is 2.26. The number of carbonyl (C=O) groups excluding carboxylic acids is 1. The van der Waals surface area contributed by atoms with E-state index in [1.165, 1.54) is 16.6 Å². The van der Waals surface area contributed by atoms with Gasteiger partial charge in [0.15, 0.2) is 5.76 Å². The van der Waals surface area contributed by atoms with Crippen molar-refractivity contribution < 1.29 is 17.6 Å². The van der Waals surface area contributed by atoms with Gasteiger partial charge in [-0.3, -0.25) is 4.79 Å². The second-order valence-corrected chi connectivity index (χ2v) is 10.3. The van der Waals surface area contributed by atoms with Crippen LogP contribution < -0.4 is 5.32 Å². The molecule has 8 heteroatoms. The van der Waals surface area contributed by atoms with Crippen molar-refractivity contribution in [3.63, 3.8) is 0 Å². The molecule has 2 aromatic carbocycles. The van der Waals surface area contributed by atoms with Crippen LogP contribution >= 0.6 is 11.8 Å². The third-order valence-corrected chi connectivity index (χ3v) is 8.09. The summed E-state index contributed by atoms with van der Waals surface area (Å²) in [4.78, 5) is 14.1. The number of sulfonamides is 1. The van der Waals surface area contributed by atoms with Gasteiger partial charge in [0.05, 0.1) is 11.2 Å². The summed E-state index contributed by atoms with van der Waals surface area (Å²) in [6.07, 6.45) is 4.29. The fourth-order valence-electron chi connectivity index (χ4n) is 3.50. The van der Waals surface area contributed by atoms with E-state index in [0.29, 0.717) is 24.5 Å². The van der Waals surface area contributed by atoms with E-state index in [9.17, 15) is 13.2 Å². The maximum Gasteiger partial charge on any atom is 0.291 e. The lowest BCUT2D eigenvalue weighted by Gasteiger charge is -2.26. The number of rotatable bonds is 7. The Morgan fingerprint density at radius 2 is 1.77 bits per heavy atom. The molecule has 1 aromatic heterocycles. The summed E-state index contributed by atoms with van der Waals surface area (Å²) in [5.41, 5.74) is 1.20. The lowest BCUT2D eigenvalue weighted by atomic mass is 10.2. The van der Waals surface area contributed by atoms with Crippen molar-refractivity contribution >= 4 is 33.4 Å². The summed E-state index contributed by atoms with van der Waals surface area (Å²) in [5.74, 6) is 0.418. The van der Waals surface area contributed by atoms with Crippen LogP contribution in [0.5, 0.6) is 0 Å². The Morgan fingerprint density at radius 1 is 1.00 bits per heavy atom. The summed E-state index contributed by atoms with van der Waals surface area (Å²) in [6.45, 7) is 1.07. The van der Waals surface area contributed by atoms with Crippen molar-refractivity contribution in [1.82, 2.24) is 4.31 Å². The molecular weight excluding hydrogens is 432 g/mol. The molecule has 31 heavy (non-hydrogen) atoms. The first-order valence-electron chi connectivity index (χ1n) is 10.2. The monoisotopic (exact) mass is 456 g/mol. The number of amides is 1. The summed E-state index contributed by atoms with van der Waals surface area (Å²) in [6, 6.07) is 18.1. The van der Waals surface area contributed by atoms with Gasteiger partial charge in [0.1, 0.15) is 0 Å². The molecule has 2 heterocycles. The number of nitrogens with zero attached hydrogens (tertiary/aromatic N) is 1. The molecule has 0 radical (unpaired) electrons.